The molecule has 0 fully saturated rings. The molecule has 8 heteroatoms. The van der Waals surface area contributed by atoms with Gasteiger partial charge in [0.05, 0.1) is 5.92 Å². The summed E-state index contributed by atoms with van der Waals surface area (Å²) in [6.07, 6.45) is 1.75. The Hall–Kier alpha value is -2.96. The number of halogens is 1. The molecule has 3 aromatic carbocycles. The third-order valence-electron chi connectivity index (χ3n) is 6.25. The number of hydrogen-bond acceptors (Lipinski definition) is 6. The Kier molecular flexibility index (Phi) is 8.94. The first-order valence-corrected chi connectivity index (χ1v) is 13.4. The first kappa shape index (κ1) is 26.1. The lowest BCUT2D eigenvalue weighted by molar-refractivity contribution is 0.364. The van der Waals surface area contributed by atoms with Crippen molar-refractivity contribution in [2.45, 2.75) is 39.2 Å². The van der Waals surface area contributed by atoms with Gasteiger partial charge >= 0.3 is 0 Å². The van der Waals surface area contributed by atoms with Crippen LogP contribution in [0.2, 0.25) is 0 Å². The molecule has 1 heterocycles. The van der Waals surface area contributed by atoms with Crippen LogP contribution in [0.15, 0.2) is 71.3 Å². The van der Waals surface area contributed by atoms with Crippen LogP contribution in [0.25, 0.3) is 11.4 Å². The van der Waals surface area contributed by atoms with E-state index < -0.39 is 8.38 Å². The molecule has 1 atom stereocenters. The molecule has 4 aromatic rings. The third-order valence-corrected chi connectivity index (χ3v) is 6.97. The van der Waals surface area contributed by atoms with E-state index in [2.05, 4.69) is 42.5 Å². The zero-order valence-corrected chi connectivity index (χ0v) is 21.4. The van der Waals surface area contributed by atoms with Crippen LogP contribution in [0, 0.1) is 19.7 Å². The van der Waals surface area contributed by atoms with Crippen LogP contribution in [-0.2, 0) is 13.0 Å². The van der Waals surface area contributed by atoms with E-state index in [-0.39, 0.29) is 11.7 Å². The van der Waals surface area contributed by atoms with Gasteiger partial charge in [-0.1, -0.05) is 59.8 Å². The Labute approximate surface area is 212 Å². The third kappa shape index (κ3) is 7.05. The topological polar surface area (TPSA) is 91.4 Å². The molecule has 0 spiro atoms. The van der Waals surface area contributed by atoms with Crippen molar-refractivity contribution in [3.05, 3.63) is 106 Å². The second-order valence-corrected chi connectivity index (χ2v) is 10.2. The van der Waals surface area contributed by atoms with Gasteiger partial charge in [-0.05, 0) is 73.2 Å². The highest BCUT2D eigenvalue weighted by Gasteiger charge is 2.23. The molecule has 0 amide bonds. The Morgan fingerprint density at radius 3 is 2.47 bits per heavy atom. The maximum atomic E-state index is 14.1. The molecular formula is C28H31FN3O3P. The Bertz CT molecular complexity index is 1280. The normalized spacial score (nSPS) is 12.3. The number of hydrogen-bond donors (Lipinski definition) is 3. The summed E-state index contributed by atoms with van der Waals surface area (Å²) in [6.45, 7) is 5.57. The average Bonchev–Trinajstić information content (AvgIpc) is 3.34. The highest BCUT2D eigenvalue weighted by molar-refractivity contribution is 7.45. The van der Waals surface area contributed by atoms with Crippen molar-refractivity contribution in [1.82, 2.24) is 15.5 Å². The Balaban J connectivity index is 1.50. The molecule has 4 rings (SSSR count). The number of nitrogens with zero attached hydrogens (tertiary/aromatic N) is 2. The second-order valence-electron chi connectivity index (χ2n) is 9.01. The molecule has 0 aliphatic rings. The summed E-state index contributed by atoms with van der Waals surface area (Å²) in [5, 5.41) is 7.52. The van der Waals surface area contributed by atoms with Gasteiger partial charge in [-0.2, -0.15) is 4.98 Å². The molecule has 1 unspecified atom stereocenters. The van der Waals surface area contributed by atoms with E-state index in [1.54, 1.807) is 6.07 Å². The van der Waals surface area contributed by atoms with E-state index >= 15 is 0 Å². The van der Waals surface area contributed by atoms with Crippen molar-refractivity contribution < 1.29 is 18.7 Å². The molecule has 36 heavy (non-hydrogen) atoms. The summed E-state index contributed by atoms with van der Waals surface area (Å²) < 4.78 is 19.8. The Morgan fingerprint density at radius 1 is 0.972 bits per heavy atom. The van der Waals surface area contributed by atoms with Gasteiger partial charge in [0, 0.05) is 18.3 Å². The van der Waals surface area contributed by atoms with Gasteiger partial charge in [-0.15, -0.1) is 0 Å². The predicted molar refractivity (Wildman–Crippen MR) is 140 cm³/mol. The fraction of sp³-hybridized carbons (Fsp3) is 0.286. The minimum atomic E-state index is -1.82. The van der Waals surface area contributed by atoms with Gasteiger partial charge in [0.1, 0.15) is 5.82 Å². The van der Waals surface area contributed by atoms with Crippen LogP contribution in [0.1, 0.15) is 46.0 Å². The van der Waals surface area contributed by atoms with Crippen molar-refractivity contribution in [3.8, 4) is 11.4 Å². The molecule has 0 radical (unpaired) electrons. The second kappa shape index (κ2) is 12.3. The number of nitrogens with one attached hydrogen (secondary N) is 1. The van der Waals surface area contributed by atoms with Crippen LogP contribution in [0.4, 0.5) is 4.39 Å². The van der Waals surface area contributed by atoms with Crippen molar-refractivity contribution in [2.75, 3.05) is 12.7 Å². The predicted octanol–water partition coefficient (Wildman–Crippen LogP) is 5.64. The highest BCUT2D eigenvalue weighted by atomic mass is 31.2. The molecule has 0 aliphatic heterocycles. The van der Waals surface area contributed by atoms with Crippen molar-refractivity contribution >= 4 is 8.38 Å². The van der Waals surface area contributed by atoms with Gasteiger partial charge in [-0.25, -0.2) is 4.39 Å². The molecule has 1 aromatic heterocycles. The van der Waals surface area contributed by atoms with Crippen molar-refractivity contribution in [3.63, 3.8) is 0 Å². The minimum Gasteiger partial charge on any atom is -0.350 e. The maximum absolute atomic E-state index is 14.1. The summed E-state index contributed by atoms with van der Waals surface area (Å²) in [5.41, 5.74) is 6.29. The fourth-order valence-corrected chi connectivity index (χ4v) is 4.52. The van der Waals surface area contributed by atoms with Gasteiger partial charge in [0.15, 0.2) is 8.38 Å². The monoisotopic (exact) mass is 507 g/mol. The van der Waals surface area contributed by atoms with Crippen LogP contribution >= 0.6 is 8.38 Å². The molecule has 0 bridgehead atoms. The molecule has 6 nitrogen and oxygen atoms in total. The van der Waals surface area contributed by atoms with Crippen LogP contribution in [-0.4, -0.2) is 32.6 Å². The van der Waals surface area contributed by atoms with Gasteiger partial charge in [0.25, 0.3) is 0 Å². The van der Waals surface area contributed by atoms with E-state index in [0.717, 1.165) is 35.2 Å². The van der Waals surface area contributed by atoms with Gasteiger partial charge in [0.2, 0.25) is 11.7 Å². The number of benzene rings is 3. The van der Waals surface area contributed by atoms with Gasteiger partial charge in [-0.3, -0.25) is 0 Å². The van der Waals surface area contributed by atoms with Crippen LogP contribution in [0.5, 0.6) is 0 Å². The molecular weight excluding hydrogens is 476 g/mol. The minimum absolute atomic E-state index is 0.272. The summed E-state index contributed by atoms with van der Waals surface area (Å²) >= 11 is 0. The lowest BCUT2D eigenvalue weighted by Gasteiger charge is -2.14. The zero-order chi connectivity index (χ0) is 25.5. The summed E-state index contributed by atoms with van der Waals surface area (Å²) in [7, 11) is -1.82. The van der Waals surface area contributed by atoms with Crippen molar-refractivity contribution in [1.29, 1.82) is 0 Å². The van der Waals surface area contributed by atoms with Crippen LogP contribution in [0.3, 0.4) is 0 Å². The highest BCUT2D eigenvalue weighted by Crippen LogP contribution is 2.30. The summed E-state index contributed by atoms with van der Waals surface area (Å²) in [4.78, 5) is 22.6. The van der Waals surface area contributed by atoms with E-state index in [0.29, 0.717) is 30.8 Å². The number of aryl methyl sites for hydroxylation is 2. The van der Waals surface area contributed by atoms with Crippen molar-refractivity contribution in [2.24, 2.45) is 0 Å². The SMILES string of the molecule is Cc1ccc(CC(c2cccc(F)c2)c2nc(-c3ccc(CNCCCP(O)O)cc3)no2)cc1C. The van der Waals surface area contributed by atoms with E-state index in [1.165, 1.54) is 23.3 Å². The summed E-state index contributed by atoms with van der Waals surface area (Å²) in [5.74, 6) is 0.374. The largest absolute Gasteiger partial charge is 0.350 e. The average molecular weight is 508 g/mol. The lowest BCUT2D eigenvalue weighted by atomic mass is 9.90. The number of aromatic nitrogens is 2. The molecule has 0 aliphatic carbocycles. The first-order chi connectivity index (χ1) is 17.4. The van der Waals surface area contributed by atoms with Crippen LogP contribution < -0.4 is 5.32 Å². The first-order valence-electron chi connectivity index (χ1n) is 12.0. The van der Waals surface area contributed by atoms with Gasteiger partial charge < -0.3 is 19.6 Å². The molecule has 3 N–H and O–H groups in total. The van der Waals surface area contributed by atoms with E-state index in [9.17, 15) is 4.39 Å². The number of rotatable bonds is 11. The standard InChI is InChI=1S/C28H31FN3O3P/c1-19-7-8-22(15-20(19)2)16-26(24-5-3-6-25(29)17-24)28-31-27(32-35-28)23-11-9-21(10-12-23)18-30-13-4-14-36(33)34/h3,5-12,15,17,26,30,33-34H,4,13-14,16,18H2,1-2H3. The molecule has 188 valence electrons. The van der Waals surface area contributed by atoms with E-state index in [4.69, 9.17) is 19.3 Å². The zero-order valence-electron chi connectivity index (χ0n) is 20.5. The summed E-state index contributed by atoms with van der Waals surface area (Å²) in [6, 6.07) is 20.8. The quantitative estimate of drug-likeness (QED) is 0.180. The lowest BCUT2D eigenvalue weighted by Crippen LogP contribution is -2.15. The molecule has 0 saturated heterocycles. The fourth-order valence-electron chi connectivity index (χ4n) is 4.08. The Morgan fingerprint density at radius 2 is 1.75 bits per heavy atom. The van der Waals surface area contributed by atoms with E-state index in [1.807, 2.05) is 30.3 Å². The maximum Gasteiger partial charge on any atom is 0.234 e. The smallest absolute Gasteiger partial charge is 0.234 e. The molecule has 0 saturated carbocycles.